The minimum Gasteiger partial charge on any atom is -0.507 e. The molecule has 2 aromatic rings. The number of amides is 1. The molecule has 1 amide bonds. The Hall–Kier alpha value is -2.31. The molecule has 1 fully saturated rings. The van der Waals surface area contributed by atoms with Crippen LogP contribution in [0.5, 0.6) is 5.75 Å². The summed E-state index contributed by atoms with van der Waals surface area (Å²) >= 11 is 0. The number of rotatable bonds is 5. The second-order valence-corrected chi connectivity index (χ2v) is 6.47. The van der Waals surface area contributed by atoms with Gasteiger partial charge in [0.25, 0.3) is 5.91 Å². The summed E-state index contributed by atoms with van der Waals surface area (Å²) in [4.78, 5) is 16.8. The van der Waals surface area contributed by atoms with E-state index in [1.54, 1.807) is 30.1 Å². The first-order valence-electron chi connectivity index (χ1n) is 8.60. The Labute approximate surface area is 148 Å². The first-order valence-corrected chi connectivity index (χ1v) is 8.60. The highest BCUT2D eigenvalue weighted by Gasteiger charge is 2.22. The Morgan fingerprint density at radius 3 is 2.64 bits per heavy atom. The SMILES string of the molecule is CC(CN(C)C(=O)c1cc(-n2cccc2)ccc1O)N1CCOCC1. The zero-order valence-corrected chi connectivity index (χ0v) is 14.8. The van der Waals surface area contributed by atoms with Crippen LogP contribution in [0.1, 0.15) is 17.3 Å². The standard InChI is InChI=1S/C19H25N3O3/c1-15(21-9-11-25-12-10-21)14-20(2)19(24)17-13-16(5-6-18(17)23)22-7-3-4-8-22/h3-8,13,15,23H,9-12,14H2,1-2H3. The molecule has 25 heavy (non-hydrogen) atoms. The van der Waals surface area contributed by atoms with Gasteiger partial charge in [0, 0.05) is 50.8 Å². The lowest BCUT2D eigenvalue weighted by molar-refractivity contribution is 0.0142. The molecule has 1 aromatic carbocycles. The minimum absolute atomic E-state index is 0.00628. The smallest absolute Gasteiger partial charge is 0.257 e. The summed E-state index contributed by atoms with van der Waals surface area (Å²) in [7, 11) is 1.78. The van der Waals surface area contributed by atoms with Crippen LogP contribution in [0.2, 0.25) is 0 Å². The molecule has 0 aliphatic carbocycles. The van der Waals surface area contributed by atoms with Crippen molar-refractivity contribution >= 4 is 5.91 Å². The molecule has 0 bridgehead atoms. The van der Waals surface area contributed by atoms with Crippen molar-refractivity contribution in [2.24, 2.45) is 0 Å². The molecular formula is C19H25N3O3. The molecule has 1 aromatic heterocycles. The molecule has 1 atom stereocenters. The average Bonchev–Trinajstić information content (AvgIpc) is 3.17. The minimum atomic E-state index is -0.174. The Morgan fingerprint density at radius 2 is 1.96 bits per heavy atom. The highest BCUT2D eigenvalue weighted by molar-refractivity contribution is 5.97. The van der Waals surface area contributed by atoms with Gasteiger partial charge in [-0.3, -0.25) is 9.69 Å². The molecule has 6 nitrogen and oxygen atoms in total. The van der Waals surface area contributed by atoms with Crippen LogP contribution in [0, 0.1) is 0 Å². The van der Waals surface area contributed by atoms with Gasteiger partial charge in [0.1, 0.15) is 5.75 Å². The highest BCUT2D eigenvalue weighted by atomic mass is 16.5. The van der Waals surface area contributed by atoms with E-state index in [0.717, 1.165) is 32.0 Å². The maximum Gasteiger partial charge on any atom is 0.257 e. The van der Waals surface area contributed by atoms with Gasteiger partial charge in [-0.2, -0.15) is 0 Å². The predicted octanol–water partition coefficient (Wildman–Crippen LogP) is 1.98. The van der Waals surface area contributed by atoms with Gasteiger partial charge in [0.05, 0.1) is 18.8 Å². The number of morpholine rings is 1. The first kappa shape index (κ1) is 17.5. The number of phenols is 1. The summed E-state index contributed by atoms with van der Waals surface area (Å²) in [5.74, 6) is -0.168. The quantitative estimate of drug-likeness (QED) is 0.902. The molecule has 6 heteroatoms. The third-order valence-corrected chi connectivity index (χ3v) is 4.67. The summed E-state index contributed by atoms with van der Waals surface area (Å²) in [6.45, 7) is 5.97. The van der Waals surface area contributed by atoms with Crippen molar-refractivity contribution in [3.8, 4) is 11.4 Å². The number of aromatic nitrogens is 1. The molecule has 0 spiro atoms. The van der Waals surface area contributed by atoms with Crippen LogP contribution < -0.4 is 0 Å². The highest BCUT2D eigenvalue weighted by Crippen LogP contribution is 2.22. The van der Waals surface area contributed by atoms with Gasteiger partial charge in [-0.05, 0) is 37.3 Å². The lowest BCUT2D eigenvalue weighted by Crippen LogP contribution is -2.47. The van der Waals surface area contributed by atoms with Gasteiger partial charge in [0.2, 0.25) is 0 Å². The molecule has 1 saturated heterocycles. The zero-order chi connectivity index (χ0) is 17.8. The first-order chi connectivity index (χ1) is 12.1. The van der Waals surface area contributed by atoms with Crippen LogP contribution in [0.3, 0.4) is 0 Å². The van der Waals surface area contributed by atoms with E-state index in [2.05, 4.69) is 11.8 Å². The predicted molar refractivity (Wildman–Crippen MR) is 96.2 cm³/mol. The summed E-state index contributed by atoms with van der Waals surface area (Å²) in [5.41, 5.74) is 1.17. The lowest BCUT2D eigenvalue weighted by Gasteiger charge is -2.34. The van der Waals surface area contributed by atoms with Crippen molar-refractivity contribution < 1.29 is 14.6 Å². The monoisotopic (exact) mass is 343 g/mol. The van der Waals surface area contributed by atoms with E-state index in [-0.39, 0.29) is 17.7 Å². The number of carbonyl (C=O) groups is 1. The van der Waals surface area contributed by atoms with Crippen molar-refractivity contribution in [2.45, 2.75) is 13.0 Å². The van der Waals surface area contributed by atoms with E-state index in [9.17, 15) is 9.90 Å². The Bertz CT molecular complexity index is 709. The average molecular weight is 343 g/mol. The molecular weight excluding hydrogens is 318 g/mol. The van der Waals surface area contributed by atoms with Crippen molar-refractivity contribution in [1.82, 2.24) is 14.4 Å². The number of hydrogen-bond acceptors (Lipinski definition) is 4. The van der Waals surface area contributed by atoms with Crippen LogP contribution in [-0.2, 0) is 4.74 Å². The number of ether oxygens (including phenoxy) is 1. The van der Waals surface area contributed by atoms with Crippen molar-refractivity contribution in [1.29, 1.82) is 0 Å². The molecule has 1 aliphatic heterocycles. The molecule has 3 rings (SSSR count). The summed E-state index contributed by atoms with van der Waals surface area (Å²) in [6, 6.07) is 9.18. The molecule has 0 saturated carbocycles. The normalized spacial score (nSPS) is 16.6. The van der Waals surface area contributed by atoms with Crippen LogP contribution in [-0.4, -0.2) is 71.3 Å². The van der Waals surface area contributed by atoms with E-state index in [4.69, 9.17) is 4.74 Å². The molecule has 2 heterocycles. The third kappa shape index (κ3) is 4.03. The number of hydrogen-bond donors (Lipinski definition) is 1. The van der Waals surface area contributed by atoms with Crippen LogP contribution >= 0.6 is 0 Å². The largest absolute Gasteiger partial charge is 0.507 e. The fourth-order valence-electron chi connectivity index (χ4n) is 3.18. The third-order valence-electron chi connectivity index (χ3n) is 4.67. The molecule has 1 unspecified atom stereocenters. The van der Waals surface area contributed by atoms with E-state index in [0.29, 0.717) is 12.1 Å². The molecule has 1 aliphatic rings. The number of nitrogens with zero attached hydrogens (tertiary/aromatic N) is 3. The molecule has 0 radical (unpaired) electrons. The van der Waals surface area contributed by atoms with E-state index < -0.39 is 0 Å². The number of likely N-dealkylation sites (N-methyl/N-ethyl adjacent to an activating group) is 1. The number of carbonyl (C=O) groups excluding carboxylic acids is 1. The van der Waals surface area contributed by atoms with E-state index >= 15 is 0 Å². The number of benzene rings is 1. The fourth-order valence-corrected chi connectivity index (χ4v) is 3.18. The summed E-state index contributed by atoms with van der Waals surface area (Å²) in [6.07, 6.45) is 3.82. The second-order valence-electron chi connectivity index (χ2n) is 6.47. The van der Waals surface area contributed by atoms with Crippen LogP contribution in [0.25, 0.3) is 5.69 Å². The van der Waals surface area contributed by atoms with Crippen molar-refractivity contribution in [3.05, 3.63) is 48.3 Å². The van der Waals surface area contributed by atoms with Crippen molar-refractivity contribution in [2.75, 3.05) is 39.9 Å². The Kier molecular flexibility index (Phi) is 5.40. The second kappa shape index (κ2) is 7.72. The fraction of sp³-hybridized carbons (Fsp3) is 0.421. The Morgan fingerprint density at radius 1 is 1.28 bits per heavy atom. The van der Waals surface area contributed by atoms with Gasteiger partial charge in [0.15, 0.2) is 0 Å². The molecule has 134 valence electrons. The van der Waals surface area contributed by atoms with Crippen LogP contribution in [0.4, 0.5) is 0 Å². The zero-order valence-electron chi connectivity index (χ0n) is 14.8. The van der Waals surface area contributed by atoms with Gasteiger partial charge < -0.3 is 19.3 Å². The Balaban J connectivity index is 1.72. The van der Waals surface area contributed by atoms with Crippen molar-refractivity contribution in [3.63, 3.8) is 0 Å². The number of aromatic hydroxyl groups is 1. The topological polar surface area (TPSA) is 57.9 Å². The maximum absolute atomic E-state index is 12.8. The van der Waals surface area contributed by atoms with E-state index in [1.807, 2.05) is 29.1 Å². The summed E-state index contributed by atoms with van der Waals surface area (Å²) < 4.78 is 7.29. The van der Waals surface area contributed by atoms with Gasteiger partial charge in [-0.15, -0.1) is 0 Å². The number of phenolic OH excluding ortho intramolecular Hbond substituents is 1. The van der Waals surface area contributed by atoms with Gasteiger partial charge in [-0.1, -0.05) is 0 Å². The summed E-state index contributed by atoms with van der Waals surface area (Å²) in [5, 5.41) is 10.2. The van der Waals surface area contributed by atoms with E-state index in [1.165, 1.54) is 0 Å². The van der Waals surface area contributed by atoms with Crippen LogP contribution in [0.15, 0.2) is 42.7 Å². The maximum atomic E-state index is 12.8. The van der Waals surface area contributed by atoms with Gasteiger partial charge in [-0.25, -0.2) is 0 Å². The lowest BCUT2D eigenvalue weighted by atomic mass is 10.1. The molecule has 1 N–H and O–H groups in total. The van der Waals surface area contributed by atoms with Gasteiger partial charge >= 0.3 is 0 Å².